The van der Waals surface area contributed by atoms with Crippen molar-refractivity contribution in [2.45, 2.75) is 76.4 Å². The molecule has 1 aromatic carbocycles. The van der Waals surface area contributed by atoms with Gasteiger partial charge in [0.2, 0.25) is 0 Å². The molecule has 1 aromatic heterocycles. The minimum atomic E-state index is -3.87. The van der Waals surface area contributed by atoms with Crippen molar-refractivity contribution in [2.75, 3.05) is 24.5 Å². The molecule has 1 atom stereocenters. The number of aromatic amines is 1. The highest BCUT2D eigenvalue weighted by Gasteiger charge is 2.42. The number of aromatic nitrogens is 2. The van der Waals surface area contributed by atoms with E-state index in [1.807, 2.05) is 24.4 Å². The second kappa shape index (κ2) is 10.1. The number of fused-ring (bicyclic) bond motifs is 1. The van der Waals surface area contributed by atoms with Gasteiger partial charge in [0, 0.05) is 56.9 Å². The lowest BCUT2D eigenvalue weighted by Crippen LogP contribution is -2.51. The molecule has 2 fully saturated rings. The van der Waals surface area contributed by atoms with E-state index in [0.29, 0.717) is 19.0 Å². The molecule has 2 aromatic rings. The monoisotopic (exact) mass is 507 g/mol. The maximum absolute atomic E-state index is 13.8. The van der Waals surface area contributed by atoms with Crippen molar-refractivity contribution >= 4 is 15.9 Å². The number of hydrogen-bond acceptors (Lipinski definition) is 4. The van der Waals surface area contributed by atoms with E-state index in [4.69, 9.17) is 0 Å². The lowest BCUT2D eigenvalue weighted by atomic mass is 9.97. The van der Waals surface area contributed by atoms with Crippen LogP contribution in [-0.2, 0) is 23.3 Å². The quantitative estimate of drug-likeness (QED) is 0.597. The number of imidazole rings is 1. The zero-order chi connectivity index (χ0) is 24.5. The van der Waals surface area contributed by atoms with Gasteiger partial charge in [-0.1, -0.05) is 43.9 Å². The Hall–Kier alpha value is -2.04. The molecule has 2 aliphatic heterocycles. The first kappa shape index (κ1) is 24.6. The Morgan fingerprint density at radius 2 is 1.80 bits per heavy atom. The number of anilines is 1. The van der Waals surface area contributed by atoms with Gasteiger partial charge >= 0.3 is 0 Å². The van der Waals surface area contributed by atoms with Crippen LogP contribution in [0.4, 0.5) is 14.5 Å². The normalized spacial score (nSPS) is 24.4. The van der Waals surface area contributed by atoms with E-state index in [2.05, 4.69) is 20.9 Å². The summed E-state index contributed by atoms with van der Waals surface area (Å²) in [6.45, 7) is 0.905. The molecular formula is C25H35F2N5O2S. The zero-order valence-corrected chi connectivity index (χ0v) is 20.9. The standard InChI is InChI=1S/C25H35F2N5O2S/c26-25(27)11-13-30(14-12-25)35(33,34)31-16-21-7-3-4-8-24(21)32(17-22-15-28-19-29-22)23(18-31)10-9-20-5-1-2-6-20/h3-4,7-8,15,19-20,23H,1-2,5-6,9-14,16-18H2,(H,28,29)/t23-/m0/s1. The number of halogens is 2. The Morgan fingerprint density at radius 3 is 2.51 bits per heavy atom. The van der Waals surface area contributed by atoms with Gasteiger partial charge in [-0.15, -0.1) is 0 Å². The van der Waals surface area contributed by atoms with Crippen LogP contribution in [0.25, 0.3) is 0 Å². The third-order valence-electron chi connectivity index (χ3n) is 7.89. The fourth-order valence-corrected chi connectivity index (χ4v) is 7.47. The molecule has 0 amide bonds. The summed E-state index contributed by atoms with van der Waals surface area (Å²) < 4.78 is 57.7. The van der Waals surface area contributed by atoms with Crippen LogP contribution in [0.5, 0.6) is 0 Å². The number of alkyl halides is 2. The maximum atomic E-state index is 13.8. The van der Waals surface area contributed by atoms with Gasteiger partial charge in [-0.05, 0) is 30.4 Å². The molecule has 1 aliphatic carbocycles. The summed E-state index contributed by atoms with van der Waals surface area (Å²) in [5.41, 5.74) is 2.93. The molecule has 5 rings (SSSR count). The van der Waals surface area contributed by atoms with Crippen LogP contribution < -0.4 is 4.90 Å². The minimum absolute atomic E-state index is 0.0245. The topological polar surface area (TPSA) is 72.5 Å². The van der Waals surface area contributed by atoms with E-state index in [1.165, 1.54) is 34.3 Å². The number of nitrogens with zero attached hydrogens (tertiary/aromatic N) is 4. The molecule has 3 heterocycles. The third kappa shape index (κ3) is 5.54. The van der Waals surface area contributed by atoms with Crippen LogP contribution >= 0.6 is 0 Å². The van der Waals surface area contributed by atoms with Crippen LogP contribution in [0.1, 0.15) is 62.6 Å². The summed E-state index contributed by atoms with van der Waals surface area (Å²) >= 11 is 0. The van der Waals surface area contributed by atoms with E-state index in [9.17, 15) is 17.2 Å². The Kier molecular flexibility index (Phi) is 7.14. The summed E-state index contributed by atoms with van der Waals surface area (Å²) in [6.07, 6.45) is 9.61. The number of nitrogens with one attached hydrogen (secondary N) is 1. The molecule has 1 saturated carbocycles. The van der Waals surface area contributed by atoms with Crippen molar-refractivity contribution in [1.82, 2.24) is 18.6 Å². The minimum Gasteiger partial charge on any atom is -0.361 e. The van der Waals surface area contributed by atoms with Crippen molar-refractivity contribution in [3.05, 3.63) is 48.0 Å². The fraction of sp³-hybridized carbons (Fsp3) is 0.640. The van der Waals surface area contributed by atoms with Crippen LogP contribution in [0, 0.1) is 5.92 Å². The van der Waals surface area contributed by atoms with E-state index in [1.54, 1.807) is 6.33 Å². The molecule has 10 heteroatoms. The molecule has 0 unspecified atom stereocenters. The first-order valence-electron chi connectivity index (χ1n) is 12.8. The molecule has 0 spiro atoms. The van der Waals surface area contributed by atoms with Crippen molar-refractivity contribution < 1.29 is 17.2 Å². The Labute approximate surface area is 206 Å². The summed E-state index contributed by atoms with van der Waals surface area (Å²) in [6, 6.07) is 7.93. The van der Waals surface area contributed by atoms with Gasteiger partial charge in [0.05, 0.1) is 18.6 Å². The number of H-pyrrole nitrogens is 1. The van der Waals surface area contributed by atoms with Crippen LogP contribution in [-0.4, -0.2) is 58.6 Å². The van der Waals surface area contributed by atoms with Gasteiger partial charge in [0.25, 0.3) is 16.1 Å². The molecule has 7 nitrogen and oxygen atoms in total. The van der Waals surface area contributed by atoms with E-state index in [-0.39, 0.29) is 25.7 Å². The fourth-order valence-electron chi connectivity index (χ4n) is 5.84. The van der Waals surface area contributed by atoms with E-state index >= 15 is 0 Å². The maximum Gasteiger partial charge on any atom is 0.282 e. The molecular weight excluding hydrogens is 472 g/mol. The number of hydrogen-bond donors (Lipinski definition) is 1. The van der Waals surface area contributed by atoms with Crippen LogP contribution in [0.3, 0.4) is 0 Å². The second-order valence-corrected chi connectivity index (χ2v) is 12.2. The molecule has 1 N–H and O–H groups in total. The van der Waals surface area contributed by atoms with Gasteiger partial charge in [-0.2, -0.15) is 17.0 Å². The number of piperidine rings is 1. The van der Waals surface area contributed by atoms with Crippen molar-refractivity contribution in [1.29, 1.82) is 0 Å². The lowest BCUT2D eigenvalue weighted by Gasteiger charge is -2.37. The predicted molar refractivity (Wildman–Crippen MR) is 131 cm³/mol. The average Bonchev–Trinajstić information content (AvgIpc) is 3.51. The van der Waals surface area contributed by atoms with Gasteiger partial charge < -0.3 is 9.88 Å². The number of para-hydroxylation sites is 1. The molecule has 1 saturated heterocycles. The highest BCUT2D eigenvalue weighted by molar-refractivity contribution is 7.86. The Bertz CT molecular complexity index is 1080. The molecule has 3 aliphatic rings. The molecule has 192 valence electrons. The summed E-state index contributed by atoms with van der Waals surface area (Å²) in [7, 11) is -3.87. The third-order valence-corrected chi connectivity index (χ3v) is 9.84. The van der Waals surface area contributed by atoms with Crippen molar-refractivity contribution in [3.63, 3.8) is 0 Å². The average molecular weight is 508 g/mol. The first-order chi connectivity index (χ1) is 16.8. The predicted octanol–water partition coefficient (Wildman–Crippen LogP) is 4.55. The largest absolute Gasteiger partial charge is 0.361 e. The second-order valence-electron chi connectivity index (χ2n) is 10.3. The van der Waals surface area contributed by atoms with E-state index < -0.39 is 29.0 Å². The van der Waals surface area contributed by atoms with Crippen molar-refractivity contribution in [3.8, 4) is 0 Å². The Balaban J connectivity index is 1.45. The molecule has 0 bridgehead atoms. The summed E-state index contributed by atoms with van der Waals surface area (Å²) in [5.74, 6) is -2.10. The highest BCUT2D eigenvalue weighted by atomic mass is 32.2. The number of benzene rings is 1. The summed E-state index contributed by atoms with van der Waals surface area (Å²) in [5, 5.41) is 0. The van der Waals surface area contributed by atoms with E-state index in [0.717, 1.165) is 29.8 Å². The smallest absolute Gasteiger partial charge is 0.282 e. The van der Waals surface area contributed by atoms with Crippen LogP contribution in [0.2, 0.25) is 0 Å². The van der Waals surface area contributed by atoms with Gasteiger partial charge in [0.15, 0.2) is 0 Å². The first-order valence-corrected chi connectivity index (χ1v) is 14.2. The summed E-state index contributed by atoms with van der Waals surface area (Å²) in [4.78, 5) is 9.68. The van der Waals surface area contributed by atoms with Gasteiger partial charge in [-0.3, -0.25) is 0 Å². The SMILES string of the molecule is O=S(=O)(N1CCC(F)(F)CC1)N1Cc2ccccc2N(Cc2cnc[nH]2)[C@@H](CCC2CCCC2)C1. The highest BCUT2D eigenvalue weighted by Crippen LogP contribution is 2.36. The van der Waals surface area contributed by atoms with Crippen molar-refractivity contribution in [2.24, 2.45) is 5.92 Å². The number of rotatable bonds is 7. The molecule has 0 radical (unpaired) electrons. The van der Waals surface area contributed by atoms with Gasteiger partial charge in [0.1, 0.15) is 0 Å². The Morgan fingerprint density at radius 1 is 1.06 bits per heavy atom. The van der Waals surface area contributed by atoms with Gasteiger partial charge in [-0.25, -0.2) is 13.8 Å². The molecule has 35 heavy (non-hydrogen) atoms. The zero-order valence-electron chi connectivity index (χ0n) is 20.1. The van der Waals surface area contributed by atoms with Crippen LogP contribution in [0.15, 0.2) is 36.8 Å². The lowest BCUT2D eigenvalue weighted by molar-refractivity contribution is -0.0419.